The minimum Gasteiger partial charge on any atom is -0.378 e. The fraction of sp³-hybridized carbons (Fsp3) is 0.278. The van der Waals surface area contributed by atoms with Crippen molar-refractivity contribution in [2.45, 2.75) is 0 Å². The molecular formula is C18H18BrN3O4. The summed E-state index contributed by atoms with van der Waals surface area (Å²) in [6.07, 6.45) is 1.48. The van der Waals surface area contributed by atoms with E-state index < -0.39 is 5.91 Å². The molecule has 2 aromatic rings. The Morgan fingerprint density at radius 3 is 2.58 bits per heavy atom. The van der Waals surface area contributed by atoms with Gasteiger partial charge in [-0.3, -0.25) is 14.4 Å². The molecule has 1 aromatic heterocycles. The number of pyridine rings is 1. The second-order valence-electron chi connectivity index (χ2n) is 5.93. The lowest BCUT2D eigenvalue weighted by Crippen LogP contribution is -2.41. The summed E-state index contributed by atoms with van der Waals surface area (Å²) in [6, 6.07) is 8.26. The average Bonchev–Trinajstić information content (AvgIpc) is 2.65. The summed E-state index contributed by atoms with van der Waals surface area (Å²) < 4.78 is 7.31. The third-order valence-electron chi connectivity index (χ3n) is 4.06. The molecule has 0 aliphatic carbocycles. The first-order chi connectivity index (χ1) is 12.5. The highest BCUT2D eigenvalue weighted by atomic mass is 79.9. The van der Waals surface area contributed by atoms with Crippen LogP contribution < -0.4 is 10.9 Å². The molecule has 0 bridgehead atoms. The molecule has 0 saturated carbocycles. The smallest absolute Gasteiger partial charge is 0.274 e. The Hall–Kier alpha value is -2.45. The lowest BCUT2D eigenvalue weighted by molar-refractivity contribution is 0.0302. The maximum Gasteiger partial charge on any atom is 0.274 e. The van der Waals surface area contributed by atoms with Crippen LogP contribution >= 0.6 is 15.9 Å². The third-order valence-corrected chi connectivity index (χ3v) is 4.56. The number of aromatic nitrogens is 1. The van der Waals surface area contributed by atoms with Crippen LogP contribution in [0.2, 0.25) is 0 Å². The summed E-state index contributed by atoms with van der Waals surface area (Å²) in [4.78, 5) is 39.1. The predicted octanol–water partition coefficient (Wildman–Crippen LogP) is 1.87. The normalized spacial score (nSPS) is 14.2. The zero-order valence-corrected chi connectivity index (χ0v) is 15.8. The van der Waals surface area contributed by atoms with Crippen molar-refractivity contribution < 1.29 is 14.3 Å². The second kappa shape index (κ2) is 7.84. The Kier molecular flexibility index (Phi) is 5.53. The van der Waals surface area contributed by atoms with E-state index in [0.29, 0.717) is 37.4 Å². The van der Waals surface area contributed by atoms with Gasteiger partial charge < -0.3 is 19.5 Å². The predicted molar refractivity (Wildman–Crippen MR) is 101 cm³/mol. The van der Waals surface area contributed by atoms with Crippen molar-refractivity contribution in [3.63, 3.8) is 0 Å². The van der Waals surface area contributed by atoms with Crippen LogP contribution in [0.1, 0.15) is 20.7 Å². The maximum absolute atomic E-state index is 12.7. The SMILES string of the molecule is Cn1cc(C(=O)N2CCOCC2)cc(NC(=O)c2cccc(Br)c2)c1=O. The molecule has 0 spiro atoms. The number of anilines is 1. The number of carbonyl (C=O) groups is 2. The number of carbonyl (C=O) groups excluding carboxylic acids is 2. The molecular weight excluding hydrogens is 402 g/mol. The molecule has 0 unspecified atom stereocenters. The van der Waals surface area contributed by atoms with E-state index in [1.165, 1.54) is 16.8 Å². The molecule has 1 aromatic carbocycles. The molecule has 1 aliphatic rings. The van der Waals surface area contributed by atoms with Crippen molar-refractivity contribution in [1.82, 2.24) is 9.47 Å². The fourth-order valence-electron chi connectivity index (χ4n) is 2.69. The van der Waals surface area contributed by atoms with Crippen LogP contribution in [0.4, 0.5) is 5.69 Å². The summed E-state index contributed by atoms with van der Waals surface area (Å²) >= 11 is 3.31. The van der Waals surface area contributed by atoms with E-state index in [1.54, 1.807) is 36.2 Å². The standard InChI is InChI=1S/C18H18BrN3O4/c1-21-11-13(17(24)22-5-7-26-8-6-22)10-15(18(21)25)20-16(23)12-3-2-4-14(19)9-12/h2-4,9-11H,5-8H2,1H3,(H,20,23). The first-order valence-corrected chi connectivity index (χ1v) is 8.89. The number of hydrogen-bond acceptors (Lipinski definition) is 4. The van der Waals surface area contributed by atoms with Crippen LogP contribution in [0.25, 0.3) is 0 Å². The van der Waals surface area contributed by atoms with E-state index in [1.807, 2.05) is 0 Å². The minimum atomic E-state index is -0.417. The highest BCUT2D eigenvalue weighted by Crippen LogP contribution is 2.14. The van der Waals surface area contributed by atoms with Gasteiger partial charge in [-0.05, 0) is 24.3 Å². The Morgan fingerprint density at radius 1 is 1.15 bits per heavy atom. The molecule has 0 atom stereocenters. The van der Waals surface area contributed by atoms with Crippen LogP contribution in [0.15, 0.2) is 45.8 Å². The Labute approximate surface area is 158 Å². The number of hydrogen-bond donors (Lipinski definition) is 1. The van der Waals surface area contributed by atoms with Crippen molar-refractivity contribution in [2.75, 3.05) is 31.6 Å². The van der Waals surface area contributed by atoms with Gasteiger partial charge in [0.25, 0.3) is 17.4 Å². The summed E-state index contributed by atoms with van der Waals surface area (Å²) in [5.74, 6) is -0.610. The molecule has 7 nitrogen and oxygen atoms in total. The molecule has 1 aliphatic heterocycles. The first kappa shape index (κ1) is 18.3. The van der Waals surface area contributed by atoms with Crippen LogP contribution in [-0.2, 0) is 11.8 Å². The summed E-state index contributed by atoms with van der Waals surface area (Å²) in [5.41, 5.74) is 0.438. The summed E-state index contributed by atoms with van der Waals surface area (Å²) in [5, 5.41) is 2.60. The number of rotatable bonds is 3. The largest absolute Gasteiger partial charge is 0.378 e. The first-order valence-electron chi connectivity index (χ1n) is 8.10. The molecule has 1 N–H and O–H groups in total. The Morgan fingerprint density at radius 2 is 1.88 bits per heavy atom. The van der Waals surface area contributed by atoms with Crippen molar-refractivity contribution in [3.05, 3.63) is 62.5 Å². The number of halogens is 1. The van der Waals surface area contributed by atoms with E-state index >= 15 is 0 Å². The van der Waals surface area contributed by atoms with Gasteiger partial charge in [0.2, 0.25) is 0 Å². The van der Waals surface area contributed by atoms with E-state index in [-0.39, 0.29) is 17.2 Å². The molecule has 136 valence electrons. The second-order valence-corrected chi connectivity index (χ2v) is 6.84. The zero-order valence-electron chi connectivity index (χ0n) is 14.2. The van der Waals surface area contributed by atoms with Gasteiger partial charge in [0.05, 0.1) is 18.8 Å². The van der Waals surface area contributed by atoms with E-state index in [4.69, 9.17) is 4.74 Å². The van der Waals surface area contributed by atoms with Crippen LogP contribution in [0, 0.1) is 0 Å². The van der Waals surface area contributed by atoms with Gasteiger partial charge >= 0.3 is 0 Å². The van der Waals surface area contributed by atoms with E-state index in [9.17, 15) is 14.4 Å². The number of benzene rings is 1. The van der Waals surface area contributed by atoms with Gasteiger partial charge in [0, 0.05) is 36.4 Å². The lowest BCUT2D eigenvalue weighted by Gasteiger charge is -2.27. The number of aryl methyl sites for hydroxylation is 1. The van der Waals surface area contributed by atoms with Gasteiger partial charge in [-0.1, -0.05) is 22.0 Å². The maximum atomic E-state index is 12.7. The monoisotopic (exact) mass is 419 g/mol. The quantitative estimate of drug-likeness (QED) is 0.823. The van der Waals surface area contributed by atoms with Crippen LogP contribution in [0.5, 0.6) is 0 Å². The minimum absolute atomic E-state index is 0.0663. The fourth-order valence-corrected chi connectivity index (χ4v) is 3.09. The third kappa shape index (κ3) is 4.03. The Bertz CT molecular complexity index is 904. The van der Waals surface area contributed by atoms with Crippen molar-refractivity contribution >= 4 is 33.4 Å². The number of morpholine rings is 1. The van der Waals surface area contributed by atoms with Gasteiger partial charge in [-0.25, -0.2) is 0 Å². The van der Waals surface area contributed by atoms with Gasteiger partial charge in [-0.15, -0.1) is 0 Å². The van der Waals surface area contributed by atoms with E-state index in [2.05, 4.69) is 21.2 Å². The zero-order chi connectivity index (χ0) is 18.7. The Balaban J connectivity index is 1.87. The number of nitrogens with one attached hydrogen (secondary N) is 1. The summed E-state index contributed by atoms with van der Waals surface area (Å²) in [6.45, 7) is 1.98. The van der Waals surface area contributed by atoms with Gasteiger partial charge in [0.15, 0.2) is 0 Å². The van der Waals surface area contributed by atoms with Gasteiger partial charge in [-0.2, -0.15) is 0 Å². The number of nitrogens with zero attached hydrogens (tertiary/aromatic N) is 2. The molecule has 8 heteroatoms. The van der Waals surface area contributed by atoms with Crippen LogP contribution in [0.3, 0.4) is 0 Å². The highest BCUT2D eigenvalue weighted by molar-refractivity contribution is 9.10. The van der Waals surface area contributed by atoms with Crippen molar-refractivity contribution in [3.8, 4) is 0 Å². The molecule has 26 heavy (non-hydrogen) atoms. The highest BCUT2D eigenvalue weighted by Gasteiger charge is 2.21. The average molecular weight is 420 g/mol. The van der Waals surface area contributed by atoms with Crippen molar-refractivity contribution in [1.29, 1.82) is 0 Å². The molecule has 3 rings (SSSR count). The molecule has 1 saturated heterocycles. The van der Waals surface area contributed by atoms with E-state index in [0.717, 1.165) is 4.47 Å². The summed E-state index contributed by atoms with van der Waals surface area (Å²) in [7, 11) is 1.55. The van der Waals surface area contributed by atoms with Gasteiger partial charge in [0.1, 0.15) is 5.69 Å². The topological polar surface area (TPSA) is 80.6 Å². The van der Waals surface area contributed by atoms with Crippen molar-refractivity contribution in [2.24, 2.45) is 7.05 Å². The number of ether oxygens (including phenoxy) is 1. The molecule has 1 fully saturated rings. The molecule has 2 heterocycles. The lowest BCUT2D eigenvalue weighted by atomic mass is 10.2. The van der Waals surface area contributed by atoms with Crippen LogP contribution in [-0.4, -0.2) is 47.6 Å². The molecule has 0 radical (unpaired) electrons. The number of amides is 2. The molecule has 2 amide bonds.